The maximum atomic E-state index is 13.7. The smallest absolute Gasteiger partial charge is 0.280 e. The molecule has 0 aliphatic heterocycles. The van der Waals surface area contributed by atoms with Gasteiger partial charge in [0.25, 0.3) is 5.91 Å². The second-order valence-corrected chi connectivity index (χ2v) is 13.5. The summed E-state index contributed by atoms with van der Waals surface area (Å²) in [5.41, 5.74) is 1.81. The molecule has 1 aromatic heterocycles. The van der Waals surface area contributed by atoms with Crippen LogP contribution in [0.2, 0.25) is 0 Å². The van der Waals surface area contributed by atoms with Crippen LogP contribution in [-0.2, 0) is 10.0 Å². The molecule has 3 aromatic carbocycles. The SMILES string of the molecule is COc1ccc(/C=N/N(C(=O)c2ccc(S(=O)(=O)N(C)C3CCCCC3)cc2)c2nc3ccc(Br)cc3s2)cc1. The maximum Gasteiger partial charge on any atom is 0.280 e. The molecule has 1 aliphatic carbocycles. The summed E-state index contributed by atoms with van der Waals surface area (Å²) in [5, 5.41) is 6.15. The number of thiazole rings is 1. The molecule has 1 aliphatic rings. The Morgan fingerprint density at radius 1 is 1.05 bits per heavy atom. The molecule has 5 rings (SSSR count). The lowest BCUT2D eigenvalue weighted by Gasteiger charge is -2.30. The first kappa shape index (κ1) is 28.4. The Hall–Kier alpha value is -3.12. The topological polar surface area (TPSA) is 92.2 Å². The van der Waals surface area contributed by atoms with Crippen LogP contribution in [0.3, 0.4) is 0 Å². The number of halogens is 1. The molecule has 1 heterocycles. The van der Waals surface area contributed by atoms with Crippen molar-refractivity contribution in [2.75, 3.05) is 19.2 Å². The number of carbonyl (C=O) groups is 1. The number of nitrogens with zero attached hydrogens (tertiary/aromatic N) is 4. The molecule has 0 bridgehead atoms. The number of amides is 1. The highest BCUT2D eigenvalue weighted by atomic mass is 79.9. The molecule has 0 unspecified atom stereocenters. The Bertz CT molecular complexity index is 1630. The fourth-order valence-corrected chi connectivity index (χ4v) is 7.57. The zero-order valence-electron chi connectivity index (χ0n) is 22.2. The van der Waals surface area contributed by atoms with E-state index in [1.165, 1.54) is 44.9 Å². The van der Waals surface area contributed by atoms with E-state index in [9.17, 15) is 13.2 Å². The van der Waals surface area contributed by atoms with E-state index in [1.54, 1.807) is 20.4 Å². The number of carbonyl (C=O) groups excluding carboxylic acids is 1. The lowest BCUT2D eigenvalue weighted by Crippen LogP contribution is -2.38. The molecule has 0 radical (unpaired) electrons. The quantitative estimate of drug-likeness (QED) is 0.158. The summed E-state index contributed by atoms with van der Waals surface area (Å²) >= 11 is 4.82. The zero-order valence-corrected chi connectivity index (χ0v) is 25.4. The average Bonchev–Trinajstić information content (AvgIpc) is 3.40. The first-order chi connectivity index (χ1) is 19.3. The fraction of sp³-hybridized carbons (Fsp3) is 0.276. The Morgan fingerprint density at radius 3 is 2.42 bits per heavy atom. The van der Waals surface area contributed by atoms with E-state index in [2.05, 4.69) is 26.0 Å². The molecule has 0 spiro atoms. The standard InChI is InChI=1S/C29H29BrN4O4S2/c1-33(23-6-4-3-5-7-23)40(36,37)25-15-10-21(11-16-25)28(35)34(31-19-20-8-13-24(38-2)14-9-20)29-32-26-17-12-22(30)18-27(26)39-29/h8-19,23H,3-7H2,1-2H3/b31-19+. The second-order valence-electron chi connectivity index (χ2n) is 9.58. The number of rotatable bonds is 8. The van der Waals surface area contributed by atoms with Gasteiger partial charge in [0.15, 0.2) is 0 Å². The van der Waals surface area contributed by atoms with E-state index in [0.717, 1.165) is 52.4 Å². The monoisotopic (exact) mass is 640 g/mol. The molecular formula is C29H29BrN4O4S2. The van der Waals surface area contributed by atoms with Gasteiger partial charge in [0.05, 0.1) is 28.4 Å². The molecule has 1 amide bonds. The van der Waals surface area contributed by atoms with E-state index < -0.39 is 15.9 Å². The fourth-order valence-electron chi connectivity index (χ4n) is 4.68. The predicted molar refractivity (Wildman–Crippen MR) is 163 cm³/mol. The molecule has 1 fully saturated rings. The minimum atomic E-state index is -3.67. The summed E-state index contributed by atoms with van der Waals surface area (Å²) in [6, 6.07) is 19.0. The van der Waals surface area contributed by atoms with Gasteiger partial charge in [-0.25, -0.2) is 13.4 Å². The number of sulfonamides is 1. The molecule has 11 heteroatoms. The van der Waals surface area contributed by atoms with Crippen LogP contribution in [0.4, 0.5) is 5.13 Å². The number of aromatic nitrogens is 1. The molecule has 208 valence electrons. The largest absolute Gasteiger partial charge is 0.497 e. The Morgan fingerprint density at radius 2 is 1.75 bits per heavy atom. The maximum absolute atomic E-state index is 13.7. The molecule has 1 saturated carbocycles. The van der Waals surface area contributed by atoms with Crippen LogP contribution in [0.1, 0.15) is 48.0 Å². The first-order valence-electron chi connectivity index (χ1n) is 12.9. The van der Waals surface area contributed by atoms with Crippen molar-refractivity contribution in [3.05, 3.63) is 82.3 Å². The minimum Gasteiger partial charge on any atom is -0.497 e. The van der Waals surface area contributed by atoms with Gasteiger partial charge in [0.2, 0.25) is 15.2 Å². The number of ether oxygens (including phenoxy) is 1. The van der Waals surface area contributed by atoms with Gasteiger partial charge in [-0.05, 0) is 85.1 Å². The summed E-state index contributed by atoms with van der Waals surface area (Å²) in [5.74, 6) is 0.290. The Balaban J connectivity index is 1.45. The third kappa shape index (κ3) is 6.12. The molecule has 4 aromatic rings. The summed E-state index contributed by atoms with van der Waals surface area (Å²) in [6.07, 6.45) is 6.53. The van der Waals surface area contributed by atoms with E-state index >= 15 is 0 Å². The van der Waals surface area contributed by atoms with Gasteiger partial charge in [0, 0.05) is 23.1 Å². The van der Waals surface area contributed by atoms with E-state index in [-0.39, 0.29) is 10.9 Å². The van der Waals surface area contributed by atoms with Crippen LogP contribution in [0.15, 0.2) is 81.2 Å². The molecular weight excluding hydrogens is 612 g/mol. The molecule has 0 saturated heterocycles. The number of benzene rings is 3. The van der Waals surface area contributed by atoms with Crippen LogP contribution in [0.25, 0.3) is 10.2 Å². The molecule has 8 nitrogen and oxygen atoms in total. The number of hydrogen-bond acceptors (Lipinski definition) is 7. The number of hydrazone groups is 1. The van der Waals surface area contributed by atoms with Crippen molar-refractivity contribution in [2.45, 2.75) is 43.0 Å². The zero-order chi connectivity index (χ0) is 28.3. The number of anilines is 1. The van der Waals surface area contributed by atoms with Crippen LogP contribution in [-0.4, -0.2) is 50.0 Å². The van der Waals surface area contributed by atoms with Crippen LogP contribution < -0.4 is 9.75 Å². The molecule has 40 heavy (non-hydrogen) atoms. The normalized spacial score (nSPS) is 14.7. The lowest BCUT2D eigenvalue weighted by molar-refractivity contribution is 0.0987. The van der Waals surface area contributed by atoms with Gasteiger partial charge in [-0.15, -0.1) is 0 Å². The van der Waals surface area contributed by atoms with Crippen LogP contribution in [0, 0.1) is 0 Å². The molecule has 0 atom stereocenters. The van der Waals surface area contributed by atoms with Crippen LogP contribution >= 0.6 is 27.3 Å². The van der Waals surface area contributed by atoms with Gasteiger partial charge >= 0.3 is 0 Å². The van der Waals surface area contributed by atoms with Crippen molar-refractivity contribution in [1.82, 2.24) is 9.29 Å². The van der Waals surface area contributed by atoms with E-state index in [1.807, 2.05) is 42.5 Å². The van der Waals surface area contributed by atoms with Gasteiger partial charge in [-0.1, -0.05) is 46.5 Å². The predicted octanol–water partition coefficient (Wildman–Crippen LogP) is 6.70. The Kier molecular flexibility index (Phi) is 8.65. The van der Waals surface area contributed by atoms with E-state index in [4.69, 9.17) is 4.74 Å². The first-order valence-corrected chi connectivity index (χ1v) is 16.0. The Labute approximate surface area is 246 Å². The van der Waals surface area contributed by atoms with Crippen molar-refractivity contribution in [1.29, 1.82) is 0 Å². The van der Waals surface area contributed by atoms with Crippen molar-refractivity contribution >= 4 is 64.8 Å². The van der Waals surface area contributed by atoms with Crippen molar-refractivity contribution in [2.24, 2.45) is 5.10 Å². The van der Waals surface area contributed by atoms with Gasteiger partial charge in [-0.3, -0.25) is 4.79 Å². The van der Waals surface area contributed by atoms with Crippen molar-refractivity contribution in [3.63, 3.8) is 0 Å². The average molecular weight is 642 g/mol. The van der Waals surface area contributed by atoms with Gasteiger partial charge < -0.3 is 4.74 Å². The minimum absolute atomic E-state index is 0.00177. The highest BCUT2D eigenvalue weighted by Gasteiger charge is 2.29. The van der Waals surface area contributed by atoms with Crippen molar-refractivity contribution in [3.8, 4) is 5.75 Å². The summed E-state index contributed by atoms with van der Waals surface area (Å²) in [7, 11) is -0.432. The van der Waals surface area contributed by atoms with Crippen molar-refractivity contribution < 1.29 is 17.9 Å². The number of fused-ring (bicyclic) bond motifs is 1. The summed E-state index contributed by atoms with van der Waals surface area (Å²) < 4.78 is 35.1. The highest BCUT2D eigenvalue weighted by Crippen LogP contribution is 2.32. The summed E-state index contributed by atoms with van der Waals surface area (Å²) in [4.78, 5) is 18.5. The number of methoxy groups -OCH3 is 1. The second kappa shape index (κ2) is 12.2. The molecule has 0 N–H and O–H groups in total. The highest BCUT2D eigenvalue weighted by molar-refractivity contribution is 9.10. The third-order valence-corrected chi connectivity index (χ3v) is 10.4. The lowest BCUT2D eigenvalue weighted by atomic mass is 9.96. The third-order valence-electron chi connectivity index (χ3n) is 7.02. The van der Waals surface area contributed by atoms with Crippen LogP contribution in [0.5, 0.6) is 5.75 Å². The number of hydrogen-bond donors (Lipinski definition) is 0. The van der Waals surface area contributed by atoms with E-state index in [0.29, 0.717) is 16.4 Å². The summed E-state index contributed by atoms with van der Waals surface area (Å²) in [6.45, 7) is 0. The van der Waals surface area contributed by atoms with Gasteiger partial charge in [-0.2, -0.15) is 14.4 Å². The van der Waals surface area contributed by atoms with Gasteiger partial charge in [0.1, 0.15) is 5.75 Å².